The number of allylic oxidation sites excluding steroid dienone is 1. The van der Waals surface area contributed by atoms with E-state index >= 15 is 0 Å². The lowest BCUT2D eigenvalue weighted by Crippen LogP contribution is -2.54. The maximum absolute atomic E-state index is 14.0. The van der Waals surface area contributed by atoms with Crippen LogP contribution < -0.4 is 10.6 Å². The van der Waals surface area contributed by atoms with E-state index in [-0.39, 0.29) is 42.3 Å². The fourth-order valence-electron chi connectivity index (χ4n) is 9.26. The third kappa shape index (κ3) is 8.93. The molecule has 0 aliphatic carbocycles. The maximum Gasteiger partial charge on any atom is 0.407 e. The number of benzene rings is 2. The van der Waals surface area contributed by atoms with E-state index in [2.05, 4.69) is 64.1 Å². The molecule has 16 heteroatoms. The van der Waals surface area contributed by atoms with E-state index in [4.69, 9.17) is 33.7 Å². The highest BCUT2D eigenvalue weighted by atomic mass is 16.7. The molecule has 16 nitrogen and oxygen atoms in total. The second kappa shape index (κ2) is 18.2. The van der Waals surface area contributed by atoms with Gasteiger partial charge in [-0.25, -0.2) is 14.6 Å². The number of aliphatic imine (C=N–C) groups is 1. The normalized spacial score (nSPS) is 22.2. The fourth-order valence-corrected chi connectivity index (χ4v) is 9.26. The molecule has 0 bridgehead atoms. The number of imidazole rings is 1. The number of nitrogens with one attached hydrogen (secondary N) is 3. The molecule has 5 aliphatic heterocycles. The highest BCUT2D eigenvalue weighted by Gasteiger charge is 2.53. The van der Waals surface area contributed by atoms with E-state index in [1.165, 1.54) is 14.2 Å². The lowest BCUT2D eigenvalue weighted by molar-refractivity contribution is -0.153. The van der Waals surface area contributed by atoms with Crippen molar-refractivity contribution in [3.8, 4) is 22.4 Å². The Morgan fingerprint density at radius 1 is 0.803 bits per heavy atom. The summed E-state index contributed by atoms with van der Waals surface area (Å²) in [5, 5.41) is 5.52. The van der Waals surface area contributed by atoms with Crippen LogP contribution in [0.3, 0.4) is 0 Å². The third-order valence-corrected chi connectivity index (χ3v) is 12.6. The van der Waals surface area contributed by atoms with Gasteiger partial charge in [-0.1, -0.05) is 62.4 Å². The molecule has 0 radical (unpaired) electrons. The van der Waals surface area contributed by atoms with Crippen molar-refractivity contribution in [2.45, 2.75) is 82.3 Å². The van der Waals surface area contributed by atoms with Crippen molar-refractivity contribution in [3.63, 3.8) is 0 Å². The molecule has 4 atom stereocenters. The smallest absolute Gasteiger partial charge is 0.407 e. The van der Waals surface area contributed by atoms with Crippen molar-refractivity contribution in [2.75, 3.05) is 53.7 Å². The molecule has 61 heavy (non-hydrogen) atoms. The summed E-state index contributed by atoms with van der Waals surface area (Å²) in [7, 11) is 2.59. The van der Waals surface area contributed by atoms with Gasteiger partial charge in [0.2, 0.25) is 11.8 Å². The van der Waals surface area contributed by atoms with Crippen LogP contribution in [0.2, 0.25) is 0 Å². The molecule has 1 aromatic heterocycles. The molecule has 4 fully saturated rings. The van der Waals surface area contributed by atoms with Gasteiger partial charge >= 0.3 is 12.2 Å². The van der Waals surface area contributed by atoms with Gasteiger partial charge in [-0.05, 0) is 65.3 Å². The highest BCUT2D eigenvalue weighted by Crippen LogP contribution is 2.40. The number of H-pyrrole nitrogens is 1. The summed E-state index contributed by atoms with van der Waals surface area (Å²) in [5.41, 5.74) is 6.87. The van der Waals surface area contributed by atoms with E-state index < -0.39 is 30.1 Å². The molecule has 5 aliphatic rings. The van der Waals surface area contributed by atoms with Crippen molar-refractivity contribution >= 4 is 35.3 Å². The molecule has 4 saturated heterocycles. The average Bonchev–Trinajstić information content (AvgIpc) is 4.15. The van der Waals surface area contributed by atoms with Crippen LogP contribution in [-0.2, 0) is 33.3 Å². The van der Waals surface area contributed by atoms with Crippen LogP contribution in [0.15, 0.2) is 65.9 Å². The molecule has 3 N–H and O–H groups in total. The van der Waals surface area contributed by atoms with Crippen LogP contribution in [0.5, 0.6) is 0 Å². The molecule has 6 heterocycles. The molecule has 3 aromatic rings. The molecular formula is C45H55N7O9. The zero-order valence-corrected chi connectivity index (χ0v) is 35.2. The van der Waals surface area contributed by atoms with Gasteiger partial charge in [0.1, 0.15) is 17.9 Å². The van der Waals surface area contributed by atoms with Crippen LogP contribution in [0.1, 0.15) is 69.8 Å². The summed E-state index contributed by atoms with van der Waals surface area (Å²) in [6.07, 6.45) is 6.43. The number of methoxy groups -OCH3 is 2. The van der Waals surface area contributed by atoms with E-state index in [0.29, 0.717) is 58.7 Å². The largest absolute Gasteiger partial charge is 0.453 e. The first-order chi connectivity index (χ1) is 29.6. The van der Waals surface area contributed by atoms with Crippen molar-refractivity contribution < 1.29 is 42.9 Å². The van der Waals surface area contributed by atoms with Crippen LogP contribution in [0.25, 0.3) is 28.0 Å². The number of alkyl carbamates (subject to hydrolysis) is 2. The van der Waals surface area contributed by atoms with Crippen LogP contribution in [0.4, 0.5) is 9.59 Å². The zero-order valence-electron chi connectivity index (χ0n) is 35.2. The Morgan fingerprint density at radius 3 is 2.10 bits per heavy atom. The van der Waals surface area contributed by atoms with Crippen LogP contribution in [0, 0.1) is 11.8 Å². The summed E-state index contributed by atoms with van der Waals surface area (Å²) >= 11 is 0. The number of likely N-dealkylation sites (tertiary alicyclic amines) is 2. The minimum Gasteiger partial charge on any atom is -0.453 e. The van der Waals surface area contributed by atoms with Crippen molar-refractivity contribution in [2.24, 2.45) is 16.8 Å². The minimum absolute atomic E-state index is 0.0318. The summed E-state index contributed by atoms with van der Waals surface area (Å²) in [4.78, 5) is 69.0. The quantitative estimate of drug-likeness (QED) is 0.224. The van der Waals surface area contributed by atoms with Gasteiger partial charge in [-0.2, -0.15) is 0 Å². The first kappa shape index (κ1) is 42.1. The van der Waals surface area contributed by atoms with Gasteiger partial charge in [0.05, 0.1) is 58.0 Å². The Morgan fingerprint density at radius 2 is 1.44 bits per heavy atom. The van der Waals surface area contributed by atoms with Gasteiger partial charge in [-0.15, -0.1) is 0 Å². The SMILES string of the molecule is COC(=O)N[C@H](C(=O)N1CC2(C[C@H]1C1=NC=C(c3ccc(-c4ccc(-c5cnc([C@@H]6CCCN6C(=O)[C@@H](NC(=O)OC)C6CCOCC6)[nH]5)cc4)cc3)C1)OCCO2)C(C)C. The lowest BCUT2D eigenvalue weighted by Gasteiger charge is -2.34. The van der Waals surface area contributed by atoms with E-state index in [0.717, 1.165) is 57.9 Å². The standard InChI is InChI=1S/C45H55N7O9/c1-27(2)38(49-43(55)57-3)41(53)52-26-45(60-20-21-61-45)23-37(52)34-22-33(24-46-34)30-9-7-28(8-10-30)29-11-13-31(14-12-29)35-25-47-40(48-35)36-6-5-17-51(36)42(54)39(50-44(56)58-4)32-15-18-59-19-16-32/h7-14,24-25,27,32,36-39H,5-6,15-23,26H2,1-4H3,(H,47,48)(H,49,55)(H,50,56)/t36-,37-,38-,39-/m0/s1. The molecule has 324 valence electrons. The van der Waals surface area contributed by atoms with Gasteiger partial charge in [0.15, 0.2) is 5.79 Å². The summed E-state index contributed by atoms with van der Waals surface area (Å²) in [6, 6.07) is 14.6. The van der Waals surface area contributed by atoms with Gasteiger partial charge in [0, 0.05) is 44.5 Å². The van der Waals surface area contributed by atoms with Gasteiger partial charge in [0.25, 0.3) is 0 Å². The lowest BCUT2D eigenvalue weighted by atomic mass is 9.90. The molecule has 8 rings (SSSR count). The number of amides is 4. The van der Waals surface area contributed by atoms with E-state index in [1.807, 2.05) is 31.1 Å². The Labute approximate surface area is 355 Å². The summed E-state index contributed by atoms with van der Waals surface area (Å²) in [6.45, 7) is 6.63. The second-order valence-corrected chi connectivity index (χ2v) is 16.7. The zero-order chi connectivity index (χ0) is 42.7. The maximum atomic E-state index is 14.0. The average molecular weight is 838 g/mol. The number of aromatic nitrogens is 2. The Bertz CT molecular complexity index is 2140. The van der Waals surface area contributed by atoms with Crippen molar-refractivity contribution in [1.82, 2.24) is 30.4 Å². The summed E-state index contributed by atoms with van der Waals surface area (Å²) < 4.78 is 27.3. The number of nitrogens with zero attached hydrogens (tertiary/aromatic N) is 4. The first-order valence-electron chi connectivity index (χ1n) is 21.2. The minimum atomic E-state index is -0.896. The predicted molar refractivity (Wildman–Crippen MR) is 225 cm³/mol. The number of hydrogen-bond donors (Lipinski definition) is 3. The molecule has 4 amide bonds. The topological polar surface area (TPSA) is 186 Å². The molecule has 2 aromatic carbocycles. The highest BCUT2D eigenvalue weighted by molar-refractivity contribution is 6.04. The summed E-state index contributed by atoms with van der Waals surface area (Å²) in [5.74, 6) is -0.720. The first-order valence-corrected chi connectivity index (χ1v) is 21.2. The third-order valence-electron chi connectivity index (χ3n) is 12.6. The molecule has 1 spiro atoms. The van der Waals surface area contributed by atoms with Crippen LogP contribution >= 0.6 is 0 Å². The van der Waals surface area contributed by atoms with Crippen molar-refractivity contribution in [3.05, 3.63) is 72.3 Å². The predicted octanol–water partition coefficient (Wildman–Crippen LogP) is 5.47. The number of aromatic amines is 1. The number of carbonyl (C=O) groups excluding carboxylic acids is 4. The van der Waals surface area contributed by atoms with Crippen molar-refractivity contribution in [1.29, 1.82) is 0 Å². The van der Waals surface area contributed by atoms with E-state index in [9.17, 15) is 19.2 Å². The monoisotopic (exact) mass is 837 g/mol. The van der Waals surface area contributed by atoms with Crippen LogP contribution in [-0.4, -0.2) is 127 Å². The number of carbonyl (C=O) groups is 4. The van der Waals surface area contributed by atoms with E-state index in [1.54, 1.807) is 4.90 Å². The van der Waals surface area contributed by atoms with Gasteiger partial charge < -0.3 is 49.1 Å². The number of hydrogen-bond acceptors (Lipinski definition) is 11. The Balaban J connectivity index is 0.910. The number of ether oxygens (including phenoxy) is 5. The Hall–Kier alpha value is -5.58. The fraction of sp³-hybridized carbons (Fsp3) is 0.511. The molecular weight excluding hydrogens is 783 g/mol. The Kier molecular flexibility index (Phi) is 12.6. The van der Waals surface area contributed by atoms with Gasteiger partial charge in [-0.3, -0.25) is 14.6 Å². The molecule has 0 saturated carbocycles. The molecule has 0 unspecified atom stereocenters. The number of rotatable bonds is 11. The second-order valence-electron chi connectivity index (χ2n) is 16.7.